The van der Waals surface area contributed by atoms with Crippen LogP contribution in [-0.2, 0) is 17.7 Å². The van der Waals surface area contributed by atoms with Crippen molar-refractivity contribution in [1.82, 2.24) is 14.9 Å². The second-order valence-electron chi connectivity index (χ2n) is 6.11. The van der Waals surface area contributed by atoms with Gasteiger partial charge in [0.25, 0.3) is 0 Å². The molecular formula is C14H25N3O2. The van der Waals surface area contributed by atoms with Gasteiger partial charge in [-0.2, -0.15) is 0 Å². The fraction of sp³-hybridized carbons (Fsp3) is 0.714. The molecule has 1 aromatic rings. The number of hydrogen-bond acceptors (Lipinski definition) is 3. The van der Waals surface area contributed by atoms with Crippen LogP contribution in [0.5, 0.6) is 0 Å². The van der Waals surface area contributed by atoms with Crippen LogP contribution < -0.4 is 5.32 Å². The molecule has 108 valence electrons. The molecule has 0 unspecified atom stereocenters. The number of carbonyl (C=O) groups is 1. The van der Waals surface area contributed by atoms with Gasteiger partial charge in [0.1, 0.15) is 5.60 Å². The Labute approximate surface area is 115 Å². The van der Waals surface area contributed by atoms with E-state index in [0.717, 1.165) is 18.7 Å². The molecule has 0 bridgehead atoms. The van der Waals surface area contributed by atoms with Crippen LogP contribution in [0, 0.1) is 5.92 Å². The van der Waals surface area contributed by atoms with Crippen LogP contribution in [0.3, 0.4) is 0 Å². The smallest absolute Gasteiger partial charge is 0.407 e. The van der Waals surface area contributed by atoms with E-state index in [9.17, 15) is 4.79 Å². The normalized spacial score (nSPS) is 11.7. The summed E-state index contributed by atoms with van der Waals surface area (Å²) in [4.78, 5) is 15.6. The van der Waals surface area contributed by atoms with E-state index < -0.39 is 5.60 Å². The zero-order valence-electron chi connectivity index (χ0n) is 12.6. The molecule has 0 saturated heterocycles. The topological polar surface area (TPSA) is 56.2 Å². The molecule has 0 radical (unpaired) electrons. The van der Waals surface area contributed by atoms with Gasteiger partial charge in [-0.25, -0.2) is 9.78 Å². The van der Waals surface area contributed by atoms with Crippen molar-refractivity contribution in [3.63, 3.8) is 0 Å². The summed E-state index contributed by atoms with van der Waals surface area (Å²) >= 11 is 0. The molecule has 0 aromatic carbocycles. The van der Waals surface area contributed by atoms with E-state index in [1.807, 2.05) is 33.3 Å². The summed E-state index contributed by atoms with van der Waals surface area (Å²) < 4.78 is 7.31. The maximum Gasteiger partial charge on any atom is 0.407 e. The zero-order chi connectivity index (χ0) is 14.5. The average molecular weight is 267 g/mol. The van der Waals surface area contributed by atoms with Crippen molar-refractivity contribution in [2.75, 3.05) is 6.54 Å². The van der Waals surface area contributed by atoms with E-state index in [0.29, 0.717) is 12.5 Å². The van der Waals surface area contributed by atoms with Gasteiger partial charge in [-0.3, -0.25) is 0 Å². The Morgan fingerprint density at radius 1 is 1.47 bits per heavy atom. The fourth-order valence-electron chi connectivity index (χ4n) is 1.72. The van der Waals surface area contributed by atoms with Gasteiger partial charge < -0.3 is 14.6 Å². The third-order valence-corrected chi connectivity index (χ3v) is 2.41. The number of carbonyl (C=O) groups excluding carboxylic acids is 1. The maximum absolute atomic E-state index is 11.5. The minimum atomic E-state index is -0.455. The van der Waals surface area contributed by atoms with E-state index in [4.69, 9.17) is 4.74 Å². The molecule has 1 N–H and O–H groups in total. The number of hydrogen-bond donors (Lipinski definition) is 1. The van der Waals surface area contributed by atoms with Crippen molar-refractivity contribution in [1.29, 1.82) is 0 Å². The number of alkyl carbamates (subject to hydrolysis) is 1. The largest absolute Gasteiger partial charge is 0.444 e. The molecule has 1 rings (SSSR count). The van der Waals surface area contributed by atoms with Crippen molar-refractivity contribution in [3.05, 3.63) is 18.2 Å². The van der Waals surface area contributed by atoms with Crippen LogP contribution in [0.25, 0.3) is 0 Å². The lowest BCUT2D eigenvalue weighted by Crippen LogP contribution is -2.33. The highest BCUT2D eigenvalue weighted by molar-refractivity contribution is 5.67. The lowest BCUT2D eigenvalue weighted by Gasteiger charge is -2.19. The number of amides is 1. The summed E-state index contributed by atoms with van der Waals surface area (Å²) in [6.45, 7) is 11.4. The summed E-state index contributed by atoms with van der Waals surface area (Å²) in [7, 11) is 0. The summed E-state index contributed by atoms with van der Waals surface area (Å²) in [6.07, 6.45) is 4.07. The van der Waals surface area contributed by atoms with Gasteiger partial charge >= 0.3 is 6.09 Å². The van der Waals surface area contributed by atoms with E-state index in [1.54, 1.807) is 0 Å². The maximum atomic E-state index is 11.5. The SMILES string of the molecule is CC(C)Cn1cncc1CCNC(=O)OC(C)(C)C. The molecule has 0 atom stereocenters. The molecule has 19 heavy (non-hydrogen) atoms. The minimum absolute atomic E-state index is 0.373. The average Bonchev–Trinajstić information content (AvgIpc) is 2.62. The first-order valence-electron chi connectivity index (χ1n) is 6.74. The second-order valence-corrected chi connectivity index (χ2v) is 6.11. The number of nitrogens with one attached hydrogen (secondary N) is 1. The predicted octanol–water partition coefficient (Wildman–Crippen LogP) is 2.61. The molecule has 1 amide bonds. The lowest BCUT2D eigenvalue weighted by molar-refractivity contribution is 0.0528. The van der Waals surface area contributed by atoms with Crippen LogP contribution in [0.1, 0.15) is 40.3 Å². The van der Waals surface area contributed by atoms with Crippen molar-refractivity contribution < 1.29 is 9.53 Å². The molecule has 0 fully saturated rings. The van der Waals surface area contributed by atoms with E-state index in [2.05, 4.69) is 28.7 Å². The fourth-order valence-corrected chi connectivity index (χ4v) is 1.72. The zero-order valence-corrected chi connectivity index (χ0v) is 12.6. The van der Waals surface area contributed by atoms with Gasteiger partial charge in [0.15, 0.2) is 0 Å². The van der Waals surface area contributed by atoms with Crippen LogP contribution in [0.2, 0.25) is 0 Å². The summed E-state index contributed by atoms with van der Waals surface area (Å²) in [5, 5.41) is 2.76. The Morgan fingerprint density at radius 2 is 2.16 bits per heavy atom. The third kappa shape index (κ3) is 6.27. The third-order valence-electron chi connectivity index (χ3n) is 2.41. The van der Waals surface area contributed by atoms with Crippen molar-refractivity contribution in [3.8, 4) is 0 Å². The molecular weight excluding hydrogens is 242 g/mol. The van der Waals surface area contributed by atoms with Crippen LogP contribution in [0.4, 0.5) is 4.79 Å². The van der Waals surface area contributed by atoms with E-state index in [-0.39, 0.29) is 6.09 Å². The summed E-state index contributed by atoms with van der Waals surface area (Å²) in [5.41, 5.74) is 0.675. The van der Waals surface area contributed by atoms with Crippen LogP contribution in [0.15, 0.2) is 12.5 Å². The Kier molecular flexibility index (Phi) is 5.39. The molecule has 0 spiro atoms. The first-order valence-corrected chi connectivity index (χ1v) is 6.74. The molecule has 0 aliphatic heterocycles. The molecule has 5 nitrogen and oxygen atoms in total. The highest BCUT2D eigenvalue weighted by Crippen LogP contribution is 2.07. The quantitative estimate of drug-likeness (QED) is 0.892. The van der Waals surface area contributed by atoms with Gasteiger partial charge in [-0.05, 0) is 26.7 Å². The monoisotopic (exact) mass is 267 g/mol. The Bertz CT molecular complexity index is 405. The van der Waals surface area contributed by atoms with E-state index >= 15 is 0 Å². The second kappa shape index (κ2) is 6.59. The van der Waals surface area contributed by atoms with Crippen molar-refractivity contribution in [2.24, 2.45) is 5.92 Å². The molecule has 0 aliphatic rings. The Hall–Kier alpha value is -1.52. The van der Waals surface area contributed by atoms with Crippen molar-refractivity contribution in [2.45, 2.75) is 53.2 Å². The van der Waals surface area contributed by atoms with Gasteiger partial charge in [0.2, 0.25) is 0 Å². The minimum Gasteiger partial charge on any atom is -0.444 e. The highest BCUT2D eigenvalue weighted by atomic mass is 16.6. The van der Waals surface area contributed by atoms with E-state index in [1.165, 1.54) is 0 Å². The van der Waals surface area contributed by atoms with Gasteiger partial charge in [0.05, 0.1) is 6.33 Å². The molecule has 1 heterocycles. The number of rotatable bonds is 5. The summed E-state index contributed by atoms with van der Waals surface area (Å²) in [6, 6.07) is 0. The molecule has 0 saturated carbocycles. The van der Waals surface area contributed by atoms with Gasteiger partial charge in [-0.1, -0.05) is 13.8 Å². The van der Waals surface area contributed by atoms with Crippen LogP contribution >= 0.6 is 0 Å². The van der Waals surface area contributed by atoms with Gasteiger partial charge in [-0.15, -0.1) is 0 Å². The van der Waals surface area contributed by atoms with Crippen molar-refractivity contribution >= 4 is 6.09 Å². The molecule has 1 aromatic heterocycles. The first-order chi connectivity index (χ1) is 8.78. The number of aromatic nitrogens is 2. The predicted molar refractivity (Wildman–Crippen MR) is 75.0 cm³/mol. The summed E-state index contributed by atoms with van der Waals surface area (Å²) in [5.74, 6) is 0.576. The molecule has 0 aliphatic carbocycles. The lowest BCUT2D eigenvalue weighted by atomic mass is 10.2. The molecule has 5 heteroatoms. The number of imidazole rings is 1. The Morgan fingerprint density at radius 3 is 2.74 bits per heavy atom. The highest BCUT2D eigenvalue weighted by Gasteiger charge is 2.15. The Balaban J connectivity index is 2.37. The standard InChI is InChI=1S/C14H25N3O2/c1-11(2)9-17-10-15-8-12(17)6-7-16-13(18)19-14(3,4)5/h8,10-11H,6-7,9H2,1-5H3,(H,16,18). The number of ether oxygens (including phenoxy) is 1. The van der Waals surface area contributed by atoms with Crippen LogP contribution in [-0.4, -0.2) is 27.8 Å². The first kappa shape index (κ1) is 15.5. The number of nitrogens with zero attached hydrogens (tertiary/aromatic N) is 2. The van der Waals surface area contributed by atoms with Gasteiger partial charge in [0, 0.05) is 31.4 Å².